The van der Waals surface area contributed by atoms with Gasteiger partial charge in [0.25, 0.3) is 5.91 Å². The Morgan fingerprint density at radius 2 is 2.38 bits per heavy atom. The summed E-state index contributed by atoms with van der Waals surface area (Å²) in [6, 6.07) is 2.55. The minimum Gasteiger partial charge on any atom is -0.348 e. The predicted octanol–water partition coefficient (Wildman–Crippen LogP) is 2.52. The number of amides is 1. The fourth-order valence-electron chi connectivity index (χ4n) is 3.77. The molecule has 4 rings (SSSR count). The fourth-order valence-corrected chi connectivity index (χ4v) is 4.67. The molecule has 1 unspecified atom stereocenters. The smallest absolute Gasteiger partial charge is 0.259 e. The Kier molecular flexibility index (Phi) is 4.91. The lowest BCUT2D eigenvalue weighted by atomic mass is 10.1. The van der Waals surface area contributed by atoms with Gasteiger partial charge in [0.1, 0.15) is 5.65 Å². The molecule has 3 N–H and O–H groups in total. The van der Waals surface area contributed by atoms with Crippen molar-refractivity contribution >= 4 is 34.4 Å². The van der Waals surface area contributed by atoms with E-state index in [0.717, 1.165) is 46.9 Å². The van der Waals surface area contributed by atoms with E-state index in [0.29, 0.717) is 6.04 Å². The maximum atomic E-state index is 12.7. The van der Waals surface area contributed by atoms with Crippen molar-refractivity contribution < 1.29 is 4.79 Å². The highest BCUT2D eigenvalue weighted by Gasteiger charge is 2.25. The molecule has 4 heterocycles. The fraction of sp³-hybridized carbons (Fsp3) is 0.474. The van der Waals surface area contributed by atoms with Crippen molar-refractivity contribution in [1.82, 2.24) is 20.6 Å². The molecule has 0 saturated carbocycles. The molecule has 2 aliphatic rings. The minimum absolute atomic E-state index is 0.0250. The number of hydrogen-bond donors (Lipinski definition) is 3. The van der Waals surface area contributed by atoms with Gasteiger partial charge in [-0.15, -0.1) is 11.8 Å². The summed E-state index contributed by atoms with van der Waals surface area (Å²) in [4.78, 5) is 23.3. The van der Waals surface area contributed by atoms with Gasteiger partial charge in [0, 0.05) is 48.4 Å². The van der Waals surface area contributed by atoms with Gasteiger partial charge in [0.15, 0.2) is 0 Å². The Morgan fingerprint density at radius 1 is 1.50 bits per heavy atom. The first-order valence-electron chi connectivity index (χ1n) is 9.21. The van der Waals surface area contributed by atoms with Crippen molar-refractivity contribution in [3.63, 3.8) is 0 Å². The van der Waals surface area contributed by atoms with Gasteiger partial charge < -0.3 is 20.5 Å². The molecule has 1 saturated heterocycles. The van der Waals surface area contributed by atoms with Gasteiger partial charge in [-0.05, 0) is 44.9 Å². The Hall–Kier alpha value is -1.99. The number of thioether (sulfide) groups is 1. The highest BCUT2D eigenvalue weighted by Crippen LogP contribution is 2.32. The third kappa shape index (κ3) is 3.33. The molecule has 0 aliphatic carbocycles. The highest BCUT2D eigenvalue weighted by atomic mass is 32.2. The lowest BCUT2D eigenvalue weighted by Gasteiger charge is -2.28. The number of anilines is 1. The van der Waals surface area contributed by atoms with E-state index in [-0.39, 0.29) is 11.9 Å². The SMILES string of the molecule is Cc1c[nH]c2nccc(N3C=C(C(=O)NC(C)[C@H]4CCCN4)SCC3)c12. The lowest BCUT2D eigenvalue weighted by Crippen LogP contribution is -2.46. The van der Waals surface area contributed by atoms with Gasteiger partial charge in [0.05, 0.1) is 10.6 Å². The largest absolute Gasteiger partial charge is 0.348 e. The average molecular weight is 372 g/mol. The Balaban J connectivity index is 1.55. The maximum absolute atomic E-state index is 12.7. The zero-order chi connectivity index (χ0) is 18.1. The van der Waals surface area contributed by atoms with E-state index in [2.05, 4.69) is 39.3 Å². The van der Waals surface area contributed by atoms with Gasteiger partial charge in [-0.1, -0.05) is 0 Å². The summed E-state index contributed by atoms with van der Waals surface area (Å²) in [6.07, 6.45) is 8.09. The maximum Gasteiger partial charge on any atom is 0.259 e. The molecule has 1 fully saturated rings. The first-order valence-corrected chi connectivity index (χ1v) is 10.2. The number of aromatic nitrogens is 2. The third-order valence-corrected chi connectivity index (χ3v) is 6.19. The van der Waals surface area contributed by atoms with E-state index < -0.39 is 0 Å². The molecular formula is C19H25N5OS. The van der Waals surface area contributed by atoms with Crippen molar-refractivity contribution in [3.05, 3.63) is 35.1 Å². The summed E-state index contributed by atoms with van der Waals surface area (Å²) in [7, 11) is 0. The van der Waals surface area contributed by atoms with Crippen molar-refractivity contribution in [3.8, 4) is 0 Å². The summed E-state index contributed by atoms with van der Waals surface area (Å²) < 4.78 is 0. The van der Waals surface area contributed by atoms with Crippen LogP contribution in [-0.2, 0) is 4.79 Å². The number of fused-ring (bicyclic) bond motifs is 1. The van der Waals surface area contributed by atoms with Crippen LogP contribution < -0.4 is 15.5 Å². The number of H-pyrrole nitrogens is 1. The van der Waals surface area contributed by atoms with Crippen LogP contribution >= 0.6 is 11.8 Å². The van der Waals surface area contributed by atoms with Crippen LogP contribution in [-0.4, -0.2) is 46.8 Å². The number of carbonyl (C=O) groups excluding carboxylic acids is 1. The highest BCUT2D eigenvalue weighted by molar-refractivity contribution is 8.04. The second kappa shape index (κ2) is 7.32. The van der Waals surface area contributed by atoms with Crippen LogP contribution in [0, 0.1) is 6.92 Å². The van der Waals surface area contributed by atoms with Gasteiger partial charge in [-0.2, -0.15) is 0 Å². The van der Waals surface area contributed by atoms with Crippen LogP contribution in [0.15, 0.2) is 29.6 Å². The summed E-state index contributed by atoms with van der Waals surface area (Å²) in [5.41, 5.74) is 3.16. The van der Waals surface area contributed by atoms with E-state index in [9.17, 15) is 4.79 Å². The molecule has 1 amide bonds. The molecule has 138 valence electrons. The quantitative estimate of drug-likeness (QED) is 0.770. The van der Waals surface area contributed by atoms with E-state index in [4.69, 9.17) is 0 Å². The van der Waals surface area contributed by atoms with Crippen LogP contribution in [0.1, 0.15) is 25.3 Å². The number of carbonyl (C=O) groups is 1. The molecule has 7 heteroatoms. The summed E-state index contributed by atoms with van der Waals surface area (Å²) >= 11 is 1.63. The van der Waals surface area contributed by atoms with Crippen molar-refractivity contribution in [2.75, 3.05) is 23.7 Å². The molecule has 0 bridgehead atoms. The van der Waals surface area contributed by atoms with Gasteiger partial charge in [-0.3, -0.25) is 4.79 Å². The molecule has 6 nitrogen and oxygen atoms in total. The molecule has 2 aromatic heterocycles. The zero-order valence-corrected chi connectivity index (χ0v) is 16.0. The molecule has 0 spiro atoms. The van der Waals surface area contributed by atoms with Crippen LogP contribution in [0.4, 0.5) is 5.69 Å². The van der Waals surface area contributed by atoms with Gasteiger partial charge >= 0.3 is 0 Å². The average Bonchev–Trinajstić information content (AvgIpc) is 3.32. The molecule has 2 atom stereocenters. The van der Waals surface area contributed by atoms with Crippen molar-refractivity contribution in [2.24, 2.45) is 0 Å². The molecule has 2 aromatic rings. The summed E-state index contributed by atoms with van der Waals surface area (Å²) in [6.45, 7) is 6.09. The number of nitrogens with zero attached hydrogens (tertiary/aromatic N) is 2. The topological polar surface area (TPSA) is 73.0 Å². The lowest BCUT2D eigenvalue weighted by molar-refractivity contribution is -0.117. The summed E-state index contributed by atoms with van der Waals surface area (Å²) in [5.74, 6) is 0.916. The van der Waals surface area contributed by atoms with Crippen LogP contribution in [0.5, 0.6) is 0 Å². The molecule has 2 aliphatic heterocycles. The van der Waals surface area contributed by atoms with E-state index in [1.165, 1.54) is 12.0 Å². The Morgan fingerprint density at radius 3 is 3.19 bits per heavy atom. The number of hydrogen-bond acceptors (Lipinski definition) is 5. The van der Waals surface area contributed by atoms with E-state index >= 15 is 0 Å². The van der Waals surface area contributed by atoms with Crippen molar-refractivity contribution in [2.45, 2.75) is 38.8 Å². The molecule has 26 heavy (non-hydrogen) atoms. The first-order chi connectivity index (χ1) is 12.6. The monoisotopic (exact) mass is 371 g/mol. The first kappa shape index (κ1) is 17.4. The number of pyridine rings is 1. The van der Waals surface area contributed by atoms with Gasteiger partial charge in [0.2, 0.25) is 0 Å². The normalized spacial score (nSPS) is 21.7. The number of rotatable bonds is 4. The minimum atomic E-state index is 0.0250. The Labute approximate surface area is 157 Å². The van der Waals surface area contributed by atoms with Gasteiger partial charge in [-0.25, -0.2) is 4.98 Å². The number of nitrogens with one attached hydrogen (secondary N) is 3. The second-order valence-electron chi connectivity index (χ2n) is 7.03. The molecule has 0 aromatic carbocycles. The molecular weight excluding hydrogens is 346 g/mol. The van der Waals surface area contributed by atoms with Crippen LogP contribution in [0.3, 0.4) is 0 Å². The standard InChI is InChI=1S/C19H25N5OS/c1-12-10-22-18-17(12)15(5-7-21-18)24-8-9-26-16(11-24)19(25)23-13(2)14-4-3-6-20-14/h5,7,10-11,13-14,20H,3-4,6,8-9H2,1-2H3,(H,21,22)(H,23,25)/t13?,14-/m1/s1. The number of aryl methyl sites for hydroxylation is 1. The van der Waals surface area contributed by atoms with Crippen LogP contribution in [0.2, 0.25) is 0 Å². The van der Waals surface area contributed by atoms with E-state index in [1.807, 2.05) is 24.7 Å². The third-order valence-electron chi connectivity index (χ3n) is 5.21. The van der Waals surface area contributed by atoms with Crippen LogP contribution in [0.25, 0.3) is 11.0 Å². The Bertz CT molecular complexity index is 840. The molecule has 0 radical (unpaired) electrons. The zero-order valence-electron chi connectivity index (χ0n) is 15.2. The number of aromatic amines is 1. The second-order valence-corrected chi connectivity index (χ2v) is 8.16. The van der Waals surface area contributed by atoms with E-state index in [1.54, 1.807) is 11.8 Å². The van der Waals surface area contributed by atoms with Crippen molar-refractivity contribution in [1.29, 1.82) is 0 Å². The summed E-state index contributed by atoms with van der Waals surface area (Å²) in [5, 5.41) is 7.76. The predicted molar refractivity (Wildman–Crippen MR) is 107 cm³/mol.